The molecule has 0 atom stereocenters. The Morgan fingerprint density at radius 3 is 3.10 bits per heavy atom. The minimum absolute atomic E-state index is 0.735. The highest BCUT2D eigenvalue weighted by Crippen LogP contribution is 2.06. The van der Waals surface area contributed by atoms with Gasteiger partial charge in [0.2, 0.25) is 0 Å². The van der Waals surface area contributed by atoms with Crippen LogP contribution < -0.4 is 0 Å². The maximum absolute atomic E-state index is 4.07. The van der Waals surface area contributed by atoms with Gasteiger partial charge in [0.05, 0.1) is 6.20 Å². The van der Waals surface area contributed by atoms with E-state index in [-0.39, 0.29) is 0 Å². The van der Waals surface area contributed by atoms with Crippen LogP contribution >= 0.6 is 12.8 Å². The topological polar surface area (TPSA) is 43.6 Å². The highest BCUT2D eigenvalue weighted by atomic mass is 32.1. The van der Waals surface area contributed by atoms with E-state index in [0.717, 1.165) is 11.2 Å². The van der Waals surface area contributed by atoms with Gasteiger partial charge in [0.15, 0.2) is 5.65 Å². The summed E-state index contributed by atoms with van der Waals surface area (Å²) in [6.07, 6.45) is 4.70. The van der Waals surface area contributed by atoms with E-state index in [4.69, 9.17) is 0 Å². The SMILES string of the molecule is Sn1cnc2cncnc21. The molecular formula is C5H4N4S. The zero-order valence-corrected chi connectivity index (χ0v) is 5.86. The first-order chi connectivity index (χ1) is 4.88. The molecule has 5 heteroatoms. The first-order valence-corrected chi connectivity index (χ1v) is 3.10. The Morgan fingerprint density at radius 2 is 2.30 bits per heavy atom. The number of thiol groups is 1. The maximum Gasteiger partial charge on any atom is 0.173 e. The van der Waals surface area contributed by atoms with E-state index in [0.29, 0.717) is 0 Å². The van der Waals surface area contributed by atoms with E-state index >= 15 is 0 Å². The standard InChI is InChI=1S/C5H4N4S/c10-9-3-8-4-1-6-2-7-5(4)9/h1-3,10H. The lowest BCUT2D eigenvalue weighted by Crippen LogP contribution is -1.81. The van der Waals surface area contributed by atoms with Crippen molar-refractivity contribution in [3.8, 4) is 0 Å². The number of nitrogens with zero attached hydrogens (tertiary/aromatic N) is 4. The van der Waals surface area contributed by atoms with E-state index in [1.54, 1.807) is 16.5 Å². The third-order valence-electron chi connectivity index (χ3n) is 1.20. The Balaban J connectivity index is 2.93. The van der Waals surface area contributed by atoms with Gasteiger partial charge in [-0.15, -0.1) is 0 Å². The number of aromatic nitrogens is 4. The van der Waals surface area contributed by atoms with E-state index in [2.05, 4.69) is 27.8 Å². The van der Waals surface area contributed by atoms with Crippen LogP contribution in [0.1, 0.15) is 0 Å². The molecule has 4 nitrogen and oxygen atoms in total. The summed E-state index contributed by atoms with van der Waals surface area (Å²) in [5.41, 5.74) is 1.50. The van der Waals surface area contributed by atoms with E-state index < -0.39 is 0 Å². The molecule has 2 heterocycles. The monoisotopic (exact) mass is 152 g/mol. The normalized spacial score (nSPS) is 10.5. The van der Waals surface area contributed by atoms with E-state index in [1.165, 1.54) is 6.33 Å². The molecule has 0 aliphatic carbocycles. The molecule has 0 aliphatic rings. The van der Waals surface area contributed by atoms with Crippen molar-refractivity contribution in [3.05, 3.63) is 18.9 Å². The molecule has 0 fully saturated rings. The second-order valence-corrected chi connectivity index (χ2v) is 2.25. The van der Waals surface area contributed by atoms with Crippen LogP contribution in [0.3, 0.4) is 0 Å². The Kier molecular flexibility index (Phi) is 1.10. The first kappa shape index (κ1) is 5.67. The Bertz CT molecular complexity index is 355. The lowest BCUT2D eigenvalue weighted by atomic mass is 10.6. The molecular weight excluding hydrogens is 148 g/mol. The van der Waals surface area contributed by atoms with Crippen LogP contribution in [0.5, 0.6) is 0 Å². The van der Waals surface area contributed by atoms with Crippen LogP contribution in [0, 0.1) is 0 Å². The Labute approximate surface area is 62.5 Å². The third kappa shape index (κ3) is 0.672. The molecule has 2 aromatic heterocycles. The lowest BCUT2D eigenvalue weighted by Gasteiger charge is -1.87. The second kappa shape index (κ2) is 1.95. The van der Waals surface area contributed by atoms with Crippen LogP contribution in [-0.2, 0) is 0 Å². The zero-order chi connectivity index (χ0) is 6.97. The van der Waals surface area contributed by atoms with Gasteiger partial charge < -0.3 is 0 Å². The molecule has 2 aromatic rings. The number of fused-ring (bicyclic) bond motifs is 1. The van der Waals surface area contributed by atoms with Crippen molar-refractivity contribution >= 4 is 24.0 Å². The molecule has 0 unspecified atom stereocenters. The van der Waals surface area contributed by atoms with E-state index in [1.807, 2.05) is 0 Å². The third-order valence-corrected chi connectivity index (χ3v) is 1.49. The van der Waals surface area contributed by atoms with E-state index in [9.17, 15) is 0 Å². The fraction of sp³-hybridized carbons (Fsp3) is 0. The van der Waals surface area contributed by atoms with Crippen molar-refractivity contribution in [1.29, 1.82) is 0 Å². The number of hydrogen-bond donors (Lipinski definition) is 1. The van der Waals surface area contributed by atoms with Crippen molar-refractivity contribution in [2.24, 2.45) is 0 Å². The molecule has 0 saturated heterocycles. The average Bonchev–Trinajstić information content (AvgIpc) is 2.34. The summed E-state index contributed by atoms with van der Waals surface area (Å²) in [5, 5.41) is 0. The Morgan fingerprint density at radius 1 is 1.40 bits per heavy atom. The maximum atomic E-state index is 4.07. The van der Waals surface area contributed by atoms with Gasteiger partial charge in [-0.25, -0.2) is 15.0 Å². The molecule has 0 spiro atoms. The molecule has 0 saturated carbocycles. The first-order valence-electron chi connectivity index (χ1n) is 2.70. The van der Waals surface area contributed by atoms with Crippen LogP contribution in [0.15, 0.2) is 18.9 Å². The number of hydrogen-bond acceptors (Lipinski definition) is 4. The molecule has 0 aliphatic heterocycles. The fourth-order valence-corrected chi connectivity index (χ4v) is 0.961. The molecule has 0 aromatic carbocycles. The van der Waals surface area contributed by atoms with Crippen molar-refractivity contribution in [2.75, 3.05) is 0 Å². The van der Waals surface area contributed by atoms with Gasteiger partial charge in [-0.1, -0.05) is 12.8 Å². The summed E-state index contributed by atoms with van der Waals surface area (Å²) in [6.45, 7) is 0. The summed E-state index contributed by atoms with van der Waals surface area (Å²) < 4.78 is 1.55. The van der Waals surface area contributed by atoms with Crippen molar-refractivity contribution < 1.29 is 0 Å². The quantitative estimate of drug-likeness (QED) is 0.560. The van der Waals surface area contributed by atoms with Crippen LogP contribution in [0.25, 0.3) is 11.2 Å². The molecule has 10 heavy (non-hydrogen) atoms. The van der Waals surface area contributed by atoms with Crippen LogP contribution in [-0.4, -0.2) is 18.9 Å². The van der Waals surface area contributed by atoms with Gasteiger partial charge in [-0.3, -0.25) is 3.97 Å². The fourth-order valence-electron chi connectivity index (χ4n) is 0.755. The van der Waals surface area contributed by atoms with Gasteiger partial charge in [0, 0.05) is 0 Å². The Hall–Kier alpha value is -1.10. The van der Waals surface area contributed by atoms with Crippen LogP contribution in [0.4, 0.5) is 0 Å². The summed E-state index contributed by atoms with van der Waals surface area (Å²) in [5.74, 6) is 0. The molecule has 0 N–H and O–H groups in total. The van der Waals surface area contributed by atoms with Gasteiger partial charge in [0.1, 0.15) is 18.2 Å². The van der Waals surface area contributed by atoms with Crippen molar-refractivity contribution in [2.45, 2.75) is 0 Å². The van der Waals surface area contributed by atoms with Gasteiger partial charge in [-0.2, -0.15) is 0 Å². The van der Waals surface area contributed by atoms with Crippen molar-refractivity contribution in [3.63, 3.8) is 0 Å². The van der Waals surface area contributed by atoms with Crippen molar-refractivity contribution in [1.82, 2.24) is 18.9 Å². The number of imidazole rings is 1. The highest BCUT2D eigenvalue weighted by molar-refractivity contribution is 7.78. The predicted octanol–water partition coefficient (Wildman–Crippen LogP) is 0.519. The molecule has 0 radical (unpaired) electrons. The second-order valence-electron chi connectivity index (χ2n) is 1.82. The molecule has 0 bridgehead atoms. The molecule has 0 amide bonds. The predicted molar refractivity (Wildman–Crippen MR) is 39.7 cm³/mol. The average molecular weight is 152 g/mol. The molecule has 50 valence electrons. The lowest BCUT2D eigenvalue weighted by molar-refractivity contribution is 1.18. The number of rotatable bonds is 0. The minimum Gasteiger partial charge on any atom is -0.259 e. The molecule has 2 rings (SSSR count). The smallest absolute Gasteiger partial charge is 0.173 e. The van der Waals surface area contributed by atoms with Gasteiger partial charge >= 0.3 is 0 Å². The summed E-state index contributed by atoms with van der Waals surface area (Å²) in [4.78, 5) is 11.7. The highest BCUT2D eigenvalue weighted by Gasteiger charge is 1.97. The summed E-state index contributed by atoms with van der Waals surface area (Å²) in [6, 6.07) is 0. The van der Waals surface area contributed by atoms with Gasteiger partial charge in [-0.05, 0) is 0 Å². The minimum atomic E-state index is 0.735. The van der Waals surface area contributed by atoms with Gasteiger partial charge in [0.25, 0.3) is 0 Å². The van der Waals surface area contributed by atoms with Crippen LogP contribution in [0.2, 0.25) is 0 Å². The summed E-state index contributed by atoms with van der Waals surface area (Å²) >= 11 is 4.07. The largest absolute Gasteiger partial charge is 0.259 e. The summed E-state index contributed by atoms with van der Waals surface area (Å²) in [7, 11) is 0. The zero-order valence-electron chi connectivity index (χ0n) is 4.97.